The van der Waals surface area contributed by atoms with E-state index in [1.165, 1.54) is 4.31 Å². The molecule has 0 saturated carbocycles. The van der Waals surface area contributed by atoms with Crippen LogP contribution in [0, 0.1) is 16.0 Å². The van der Waals surface area contributed by atoms with Crippen molar-refractivity contribution < 1.29 is 13.3 Å². The van der Waals surface area contributed by atoms with E-state index in [0.29, 0.717) is 17.9 Å². The van der Waals surface area contributed by atoms with Crippen LogP contribution < -0.4 is 5.73 Å². The highest BCUT2D eigenvalue weighted by Gasteiger charge is 2.34. The van der Waals surface area contributed by atoms with E-state index in [1.54, 1.807) is 0 Å². The topological polar surface area (TPSA) is 107 Å². The highest BCUT2D eigenvalue weighted by molar-refractivity contribution is 7.91. The average Bonchev–Trinajstić information content (AvgIpc) is 2.70. The molecule has 1 aromatic heterocycles. The minimum Gasteiger partial charge on any atom is -0.326 e. The molecule has 2 unspecified atom stereocenters. The number of rotatable bonds is 3. The first-order valence-corrected chi connectivity index (χ1v) is 8.54. The highest BCUT2D eigenvalue weighted by Crippen LogP contribution is 2.38. The smallest absolute Gasteiger partial charge is 0.300 e. The van der Waals surface area contributed by atoms with Gasteiger partial charge in [0.05, 0.1) is 4.92 Å². The first kappa shape index (κ1) is 15.6. The van der Waals surface area contributed by atoms with Crippen molar-refractivity contribution >= 4 is 38.6 Å². The summed E-state index contributed by atoms with van der Waals surface area (Å²) in [4.78, 5) is 10.0. The predicted octanol–water partition coefficient (Wildman–Crippen LogP) is 1.67. The summed E-state index contributed by atoms with van der Waals surface area (Å²) >= 11 is 6.41. The molecule has 112 valence electrons. The molecule has 2 N–H and O–H groups in total. The van der Waals surface area contributed by atoms with Crippen molar-refractivity contribution in [3.05, 3.63) is 20.5 Å². The Bertz CT molecular complexity index is 620. The predicted molar refractivity (Wildman–Crippen MR) is 76.5 cm³/mol. The van der Waals surface area contributed by atoms with Gasteiger partial charge in [0, 0.05) is 25.2 Å². The van der Waals surface area contributed by atoms with Gasteiger partial charge in [-0.2, -0.15) is 4.31 Å². The van der Waals surface area contributed by atoms with Crippen molar-refractivity contribution in [2.75, 3.05) is 13.1 Å². The van der Waals surface area contributed by atoms with Gasteiger partial charge in [-0.25, -0.2) is 8.42 Å². The molecule has 2 heterocycles. The molecule has 0 bridgehead atoms. The van der Waals surface area contributed by atoms with Gasteiger partial charge < -0.3 is 5.73 Å². The largest absolute Gasteiger partial charge is 0.326 e. The van der Waals surface area contributed by atoms with E-state index in [9.17, 15) is 18.5 Å². The summed E-state index contributed by atoms with van der Waals surface area (Å²) in [6.45, 7) is 2.50. The number of nitro groups is 1. The quantitative estimate of drug-likeness (QED) is 0.665. The zero-order valence-corrected chi connectivity index (χ0v) is 13.0. The molecule has 1 aliphatic heterocycles. The van der Waals surface area contributed by atoms with Gasteiger partial charge in [0.1, 0.15) is 4.21 Å². The van der Waals surface area contributed by atoms with Crippen molar-refractivity contribution in [2.45, 2.75) is 23.6 Å². The maximum absolute atomic E-state index is 12.5. The van der Waals surface area contributed by atoms with Crippen molar-refractivity contribution in [2.24, 2.45) is 11.7 Å². The number of hydrogen-bond acceptors (Lipinski definition) is 6. The summed E-state index contributed by atoms with van der Waals surface area (Å²) in [5.41, 5.74) is 5.45. The van der Waals surface area contributed by atoms with Crippen LogP contribution in [0.1, 0.15) is 13.3 Å². The minimum atomic E-state index is -3.78. The SMILES string of the molecule is CC1CC(N)CN(S(=O)(=O)c2cc([N+](=O)[O-])c(Cl)s2)C1. The third kappa shape index (κ3) is 2.96. The van der Waals surface area contributed by atoms with E-state index in [2.05, 4.69) is 0 Å². The number of thiophene rings is 1. The second-order valence-corrected chi connectivity index (χ2v) is 8.72. The highest BCUT2D eigenvalue weighted by atomic mass is 35.5. The van der Waals surface area contributed by atoms with Crippen LogP contribution in [0.3, 0.4) is 0 Å². The van der Waals surface area contributed by atoms with Crippen LogP contribution in [0.25, 0.3) is 0 Å². The number of halogens is 1. The maximum atomic E-state index is 12.5. The average molecular weight is 340 g/mol. The van der Waals surface area contributed by atoms with Crippen LogP contribution in [0.4, 0.5) is 5.69 Å². The van der Waals surface area contributed by atoms with Gasteiger partial charge in [0.2, 0.25) is 0 Å². The lowest BCUT2D eigenvalue weighted by atomic mass is 9.99. The lowest BCUT2D eigenvalue weighted by Crippen LogP contribution is -2.48. The second kappa shape index (κ2) is 5.57. The van der Waals surface area contributed by atoms with E-state index in [-0.39, 0.29) is 32.7 Å². The van der Waals surface area contributed by atoms with Gasteiger partial charge >= 0.3 is 0 Å². The first-order valence-electron chi connectivity index (χ1n) is 5.91. The third-order valence-electron chi connectivity index (χ3n) is 3.10. The molecule has 0 amide bonds. The molecule has 0 aliphatic carbocycles. The van der Waals surface area contributed by atoms with E-state index in [0.717, 1.165) is 12.5 Å². The minimum absolute atomic E-state index is 0.115. The van der Waals surface area contributed by atoms with Crippen LogP contribution in [-0.4, -0.2) is 36.8 Å². The standard InChI is InChI=1S/C10H14ClN3O4S2/c1-6-2-7(12)5-13(4-6)20(17,18)9-3-8(14(15)16)10(11)19-9/h3,6-7H,2,4-5,12H2,1H3. The Morgan fingerprint density at radius 2 is 2.20 bits per heavy atom. The molecule has 20 heavy (non-hydrogen) atoms. The van der Waals surface area contributed by atoms with E-state index in [4.69, 9.17) is 17.3 Å². The number of sulfonamides is 1. The van der Waals surface area contributed by atoms with Crippen LogP contribution >= 0.6 is 22.9 Å². The molecular formula is C10H14ClN3O4S2. The molecule has 0 spiro atoms. The number of nitrogens with two attached hydrogens (primary N) is 1. The zero-order chi connectivity index (χ0) is 15.1. The van der Waals surface area contributed by atoms with Crippen LogP contribution in [0.15, 0.2) is 10.3 Å². The Morgan fingerprint density at radius 3 is 2.70 bits per heavy atom. The molecule has 1 saturated heterocycles. The molecule has 1 aliphatic rings. The van der Waals surface area contributed by atoms with E-state index >= 15 is 0 Å². The molecule has 7 nitrogen and oxygen atoms in total. The monoisotopic (exact) mass is 339 g/mol. The Balaban J connectivity index is 2.35. The fourth-order valence-corrected chi connectivity index (χ4v) is 5.70. The van der Waals surface area contributed by atoms with Crippen molar-refractivity contribution in [1.82, 2.24) is 4.31 Å². The molecule has 10 heteroatoms. The Labute approximate surface area is 125 Å². The zero-order valence-electron chi connectivity index (χ0n) is 10.7. The van der Waals surface area contributed by atoms with Gasteiger partial charge in [0.25, 0.3) is 15.7 Å². The lowest BCUT2D eigenvalue weighted by molar-refractivity contribution is -0.384. The van der Waals surface area contributed by atoms with Gasteiger partial charge in [-0.05, 0) is 12.3 Å². The molecule has 2 rings (SSSR count). The van der Waals surface area contributed by atoms with Crippen molar-refractivity contribution in [3.63, 3.8) is 0 Å². The van der Waals surface area contributed by atoms with Gasteiger partial charge in [-0.1, -0.05) is 18.5 Å². The summed E-state index contributed by atoms with van der Waals surface area (Å²) in [5, 5.41) is 10.7. The summed E-state index contributed by atoms with van der Waals surface area (Å²) in [6.07, 6.45) is 0.761. The van der Waals surface area contributed by atoms with Crippen LogP contribution in [-0.2, 0) is 10.0 Å². The molecular weight excluding hydrogens is 326 g/mol. The van der Waals surface area contributed by atoms with Gasteiger partial charge in [-0.3, -0.25) is 10.1 Å². The normalized spacial score (nSPS) is 24.8. The van der Waals surface area contributed by atoms with Crippen LogP contribution in [0.5, 0.6) is 0 Å². The van der Waals surface area contributed by atoms with Gasteiger partial charge in [-0.15, -0.1) is 11.3 Å². The van der Waals surface area contributed by atoms with E-state index in [1.807, 2.05) is 6.92 Å². The van der Waals surface area contributed by atoms with E-state index < -0.39 is 14.9 Å². The molecule has 2 atom stereocenters. The molecule has 0 radical (unpaired) electrons. The fraction of sp³-hybridized carbons (Fsp3) is 0.600. The molecule has 0 aromatic carbocycles. The van der Waals surface area contributed by atoms with Crippen LogP contribution in [0.2, 0.25) is 4.34 Å². The first-order chi connectivity index (χ1) is 9.21. The summed E-state index contributed by atoms with van der Waals surface area (Å²) in [6, 6.07) is 0.784. The fourth-order valence-electron chi connectivity index (χ4n) is 2.26. The Kier molecular flexibility index (Phi) is 4.35. The second-order valence-electron chi connectivity index (χ2n) is 4.90. The van der Waals surface area contributed by atoms with Crippen molar-refractivity contribution in [3.8, 4) is 0 Å². The van der Waals surface area contributed by atoms with Gasteiger partial charge in [0.15, 0.2) is 4.34 Å². The van der Waals surface area contributed by atoms with Crippen molar-refractivity contribution in [1.29, 1.82) is 0 Å². The number of hydrogen-bond donors (Lipinski definition) is 1. The summed E-state index contributed by atoms with van der Waals surface area (Å²) in [7, 11) is -3.78. The number of piperidine rings is 1. The third-order valence-corrected chi connectivity index (χ3v) is 6.71. The molecule has 1 fully saturated rings. The number of nitrogens with zero attached hydrogens (tertiary/aromatic N) is 2. The molecule has 1 aromatic rings. The Hall–Kier alpha value is -0.740. The lowest BCUT2D eigenvalue weighted by Gasteiger charge is -2.33. The maximum Gasteiger partial charge on any atom is 0.300 e. The Morgan fingerprint density at radius 1 is 1.55 bits per heavy atom. The summed E-state index contributed by atoms with van der Waals surface area (Å²) in [5.74, 6) is 0.152. The summed E-state index contributed by atoms with van der Waals surface area (Å²) < 4.78 is 26.0.